The van der Waals surface area contributed by atoms with E-state index in [1.165, 1.54) is 12.1 Å². The number of non-ortho nitro benzene ring substituents is 1. The van der Waals surface area contributed by atoms with Crippen LogP contribution in [-0.4, -0.2) is 22.1 Å². The number of carbonyl (C=O) groups excluding carboxylic acids is 2. The van der Waals surface area contributed by atoms with Gasteiger partial charge in [-0.2, -0.15) is 0 Å². The molecule has 3 aromatic carbocycles. The monoisotopic (exact) mass is 366 g/mol. The molecule has 3 rings (SSSR count). The number of nitro groups is 1. The fraction of sp³-hybridized carbons (Fsp3) is 0.0526. The van der Waals surface area contributed by atoms with E-state index in [9.17, 15) is 24.8 Å². The summed E-state index contributed by atoms with van der Waals surface area (Å²) >= 11 is 0. The first kappa shape index (κ1) is 17.9. The van der Waals surface area contributed by atoms with E-state index in [1.807, 2.05) is 0 Å². The molecule has 0 aliphatic heterocycles. The molecule has 0 spiro atoms. The second-order valence-corrected chi connectivity index (χ2v) is 5.62. The zero-order valence-corrected chi connectivity index (χ0v) is 13.9. The molecule has 0 heterocycles. The van der Waals surface area contributed by atoms with E-state index in [-0.39, 0.29) is 23.5 Å². The van der Waals surface area contributed by atoms with Crippen LogP contribution in [0.2, 0.25) is 0 Å². The minimum Gasteiger partial charge on any atom is -0.507 e. The van der Waals surface area contributed by atoms with Gasteiger partial charge >= 0.3 is 12.1 Å². The summed E-state index contributed by atoms with van der Waals surface area (Å²) in [5.41, 5.74) is 0.587. The van der Waals surface area contributed by atoms with Gasteiger partial charge in [0.05, 0.1) is 10.5 Å². The summed E-state index contributed by atoms with van der Waals surface area (Å²) in [4.78, 5) is 33.8. The third kappa shape index (κ3) is 4.01. The third-order valence-electron chi connectivity index (χ3n) is 3.91. The van der Waals surface area contributed by atoms with Crippen molar-refractivity contribution in [3.05, 3.63) is 81.9 Å². The van der Waals surface area contributed by atoms with Crippen LogP contribution in [0, 0.1) is 10.1 Å². The molecule has 0 unspecified atom stereocenters. The number of rotatable bonds is 4. The Bertz CT molecular complexity index is 1030. The number of benzene rings is 3. The zero-order valence-electron chi connectivity index (χ0n) is 13.9. The van der Waals surface area contributed by atoms with Crippen molar-refractivity contribution in [2.24, 2.45) is 0 Å². The molecule has 136 valence electrons. The highest BCUT2D eigenvalue weighted by atomic mass is 16.6. The van der Waals surface area contributed by atoms with Gasteiger partial charge in [-0.3, -0.25) is 10.1 Å². The summed E-state index contributed by atoms with van der Waals surface area (Å²) in [5, 5.41) is 24.4. The zero-order chi connectivity index (χ0) is 19.4. The van der Waals surface area contributed by atoms with Crippen LogP contribution in [0.3, 0.4) is 0 Å². The number of phenolic OH excluding ortho intramolecular Hbond substituents is 1. The minimum absolute atomic E-state index is 0.0193. The Morgan fingerprint density at radius 2 is 1.67 bits per heavy atom. The summed E-state index contributed by atoms with van der Waals surface area (Å²) in [6, 6.07) is 15.1. The predicted molar refractivity (Wildman–Crippen MR) is 96.4 cm³/mol. The first-order chi connectivity index (χ1) is 13.0. The number of alkyl carbamates (subject to hydrolysis) is 1. The van der Waals surface area contributed by atoms with Crippen LogP contribution in [-0.2, 0) is 11.3 Å². The van der Waals surface area contributed by atoms with Crippen LogP contribution in [0.4, 0.5) is 10.5 Å². The Labute approximate surface area is 153 Å². The first-order valence-electron chi connectivity index (χ1n) is 7.90. The molecule has 0 aliphatic rings. The molecule has 0 aliphatic carbocycles. The summed E-state index contributed by atoms with van der Waals surface area (Å²) in [6.45, 7) is 0.0904. The summed E-state index contributed by atoms with van der Waals surface area (Å²) in [6.07, 6.45) is -0.949. The lowest BCUT2D eigenvalue weighted by atomic mass is 10.0. The lowest BCUT2D eigenvalue weighted by molar-refractivity contribution is -0.384. The minimum atomic E-state index is -0.949. The Kier molecular flexibility index (Phi) is 4.98. The van der Waals surface area contributed by atoms with Crippen molar-refractivity contribution in [1.29, 1.82) is 0 Å². The fourth-order valence-corrected chi connectivity index (χ4v) is 2.58. The highest BCUT2D eigenvalue weighted by molar-refractivity contribution is 5.96. The lowest BCUT2D eigenvalue weighted by Gasteiger charge is -2.09. The van der Waals surface area contributed by atoms with Crippen LogP contribution >= 0.6 is 0 Å². The fourth-order valence-electron chi connectivity index (χ4n) is 2.58. The van der Waals surface area contributed by atoms with Gasteiger partial charge in [-0.15, -0.1) is 0 Å². The van der Waals surface area contributed by atoms with Crippen molar-refractivity contribution in [2.45, 2.75) is 6.54 Å². The average molecular weight is 366 g/mol. The molecule has 3 aromatic rings. The van der Waals surface area contributed by atoms with Crippen molar-refractivity contribution >= 4 is 28.5 Å². The molecule has 8 heteroatoms. The predicted octanol–water partition coefficient (Wildman–Crippen LogP) is 3.52. The highest BCUT2D eigenvalue weighted by Gasteiger charge is 2.15. The Hall–Kier alpha value is -3.94. The molecule has 0 atom stereocenters. The van der Waals surface area contributed by atoms with Crippen molar-refractivity contribution in [2.75, 3.05) is 0 Å². The van der Waals surface area contributed by atoms with Gasteiger partial charge in [-0.05, 0) is 29.1 Å². The number of hydrogen-bond donors (Lipinski definition) is 2. The number of carbonyl (C=O) groups is 2. The smallest absolute Gasteiger partial charge is 0.415 e. The molecule has 0 fully saturated rings. The normalized spacial score (nSPS) is 10.4. The number of nitro benzene ring substituents is 1. The van der Waals surface area contributed by atoms with Crippen molar-refractivity contribution in [3.8, 4) is 5.75 Å². The molecule has 2 N–H and O–H groups in total. The average Bonchev–Trinajstić information content (AvgIpc) is 2.67. The molecule has 0 bridgehead atoms. The van der Waals surface area contributed by atoms with Crippen molar-refractivity contribution in [1.82, 2.24) is 5.32 Å². The number of nitrogens with zero attached hydrogens (tertiary/aromatic N) is 1. The van der Waals surface area contributed by atoms with Gasteiger partial charge in [0.2, 0.25) is 0 Å². The van der Waals surface area contributed by atoms with Gasteiger partial charge in [0.15, 0.2) is 0 Å². The quantitative estimate of drug-likeness (QED) is 0.316. The number of esters is 1. The van der Waals surface area contributed by atoms with E-state index in [2.05, 4.69) is 10.1 Å². The standard InChI is InChI=1S/C19H14N2O6/c22-17-6-2-4-15-13(3-1-5-16(15)17)11-20-19(24)27-18(23)12-7-9-14(10-8-12)21(25)26/h1-10,22H,11H2,(H,20,24). The molecule has 8 nitrogen and oxygen atoms in total. The Balaban J connectivity index is 1.64. The number of fused-ring (bicyclic) bond motifs is 1. The van der Waals surface area contributed by atoms with E-state index < -0.39 is 17.0 Å². The molecule has 1 amide bonds. The second-order valence-electron chi connectivity index (χ2n) is 5.62. The van der Waals surface area contributed by atoms with E-state index in [0.717, 1.165) is 23.1 Å². The maximum Gasteiger partial charge on any atom is 0.415 e. The van der Waals surface area contributed by atoms with E-state index in [4.69, 9.17) is 0 Å². The largest absolute Gasteiger partial charge is 0.507 e. The third-order valence-corrected chi connectivity index (χ3v) is 3.91. The van der Waals surface area contributed by atoms with Crippen LogP contribution in [0.5, 0.6) is 5.75 Å². The van der Waals surface area contributed by atoms with Crippen molar-refractivity contribution in [3.63, 3.8) is 0 Å². The van der Waals surface area contributed by atoms with Crippen LogP contribution in [0.25, 0.3) is 10.8 Å². The number of amides is 1. The molecular formula is C19H14N2O6. The maximum absolute atomic E-state index is 11.9. The molecule has 0 saturated carbocycles. The first-order valence-corrected chi connectivity index (χ1v) is 7.90. The Morgan fingerprint density at radius 3 is 2.37 bits per heavy atom. The van der Waals surface area contributed by atoms with Gasteiger partial charge < -0.3 is 15.2 Å². The number of nitrogens with one attached hydrogen (secondary N) is 1. The van der Waals surface area contributed by atoms with E-state index >= 15 is 0 Å². The maximum atomic E-state index is 11.9. The van der Waals surface area contributed by atoms with Crippen LogP contribution in [0.1, 0.15) is 15.9 Å². The Morgan fingerprint density at radius 1 is 1.00 bits per heavy atom. The molecule has 0 radical (unpaired) electrons. The van der Waals surface area contributed by atoms with Crippen molar-refractivity contribution < 1.29 is 24.4 Å². The van der Waals surface area contributed by atoms with Gasteiger partial charge in [-0.25, -0.2) is 9.59 Å². The van der Waals surface area contributed by atoms with Gasteiger partial charge in [0.1, 0.15) is 5.75 Å². The topological polar surface area (TPSA) is 119 Å². The lowest BCUT2D eigenvalue weighted by Crippen LogP contribution is -2.26. The molecular weight excluding hydrogens is 352 g/mol. The molecule has 0 aromatic heterocycles. The number of ether oxygens (including phenoxy) is 1. The van der Waals surface area contributed by atoms with Gasteiger partial charge in [-0.1, -0.05) is 30.3 Å². The SMILES string of the molecule is O=C(NCc1cccc2c(O)cccc12)OC(=O)c1ccc([N+](=O)[O-])cc1. The summed E-state index contributed by atoms with van der Waals surface area (Å²) < 4.78 is 4.69. The molecule has 27 heavy (non-hydrogen) atoms. The van der Waals surface area contributed by atoms with Crippen LogP contribution in [0.15, 0.2) is 60.7 Å². The van der Waals surface area contributed by atoms with Gasteiger partial charge in [0.25, 0.3) is 5.69 Å². The number of aromatic hydroxyl groups is 1. The van der Waals surface area contributed by atoms with Gasteiger partial charge in [0, 0.05) is 24.1 Å². The number of hydrogen-bond acceptors (Lipinski definition) is 6. The van der Waals surface area contributed by atoms with Crippen LogP contribution < -0.4 is 5.32 Å². The molecule has 0 saturated heterocycles. The van der Waals surface area contributed by atoms with E-state index in [1.54, 1.807) is 36.4 Å². The highest BCUT2D eigenvalue weighted by Crippen LogP contribution is 2.26. The summed E-state index contributed by atoms with van der Waals surface area (Å²) in [7, 11) is 0. The second kappa shape index (κ2) is 7.52. The van der Waals surface area contributed by atoms with E-state index in [0.29, 0.717) is 5.39 Å². The summed E-state index contributed by atoms with van der Waals surface area (Å²) in [5.74, 6) is -0.789. The number of phenols is 1.